The molecule has 1 aliphatic heterocycles. The lowest BCUT2D eigenvalue weighted by Crippen LogP contribution is -2.33. The van der Waals surface area contributed by atoms with Gasteiger partial charge in [0, 0.05) is 6.92 Å². The summed E-state index contributed by atoms with van der Waals surface area (Å²) in [5.41, 5.74) is -1.31. The van der Waals surface area contributed by atoms with Crippen molar-refractivity contribution in [3.63, 3.8) is 0 Å². The number of methoxy groups -OCH3 is 1. The third kappa shape index (κ3) is 3.38. The Morgan fingerprint density at radius 2 is 2.09 bits per heavy atom. The van der Waals surface area contributed by atoms with Crippen molar-refractivity contribution in [1.29, 1.82) is 0 Å². The zero-order valence-corrected chi connectivity index (χ0v) is 12.4. The van der Waals surface area contributed by atoms with Crippen molar-refractivity contribution in [2.45, 2.75) is 13.0 Å². The number of hydrogen-bond acceptors (Lipinski definition) is 5. The monoisotopic (exact) mass is 328 g/mol. The van der Waals surface area contributed by atoms with E-state index in [9.17, 15) is 23.2 Å². The molecule has 1 unspecified atom stereocenters. The minimum Gasteiger partial charge on any atom is -0.490 e. The van der Waals surface area contributed by atoms with Crippen LogP contribution in [0.1, 0.15) is 6.92 Å². The van der Waals surface area contributed by atoms with Gasteiger partial charge >= 0.3 is 6.09 Å². The van der Waals surface area contributed by atoms with E-state index in [2.05, 4.69) is 10.1 Å². The Balaban J connectivity index is 2.34. The second-order valence-corrected chi connectivity index (χ2v) is 4.80. The predicted molar refractivity (Wildman–Crippen MR) is 75.5 cm³/mol. The van der Waals surface area contributed by atoms with Crippen LogP contribution >= 0.6 is 0 Å². The van der Waals surface area contributed by atoms with Gasteiger partial charge in [-0.15, -0.1) is 0 Å². The highest BCUT2D eigenvalue weighted by Gasteiger charge is 2.34. The number of nitrogens with one attached hydrogen (secondary N) is 1. The molecule has 7 nitrogen and oxygen atoms in total. The van der Waals surface area contributed by atoms with E-state index in [1.54, 1.807) is 0 Å². The molecule has 124 valence electrons. The summed E-state index contributed by atoms with van der Waals surface area (Å²) in [5.74, 6) is -3.99. The summed E-state index contributed by atoms with van der Waals surface area (Å²) in [4.78, 5) is 35.1. The van der Waals surface area contributed by atoms with Gasteiger partial charge in [-0.3, -0.25) is 14.5 Å². The predicted octanol–water partition coefficient (Wildman–Crippen LogP) is 0.795. The zero-order chi connectivity index (χ0) is 17.1. The van der Waals surface area contributed by atoms with Crippen molar-refractivity contribution in [3.05, 3.63) is 34.0 Å². The number of carbonyl (C=O) groups is 2. The fourth-order valence-electron chi connectivity index (χ4n) is 2.10. The van der Waals surface area contributed by atoms with Gasteiger partial charge in [0.05, 0.1) is 25.9 Å². The van der Waals surface area contributed by atoms with Crippen LogP contribution in [-0.2, 0) is 9.53 Å². The lowest BCUT2D eigenvalue weighted by atomic mass is 10.3. The Hall–Kier alpha value is -2.71. The number of halogens is 2. The number of carbonyl (C=O) groups excluding carboxylic acids is 2. The number of cyclic esters (lactones) is 1. The maximum Gasteiger partial charge on any atom is 0.414 e. The second kappa shape index (κ2) is 6.59. The summed E-state index contributed by atoms with van der Waals surface area (Å²) in [7, 11) is 1.03. The van der Waals surface area contributed by atoms with Crippen LogP contribution in [0.25, 0.3) is 0 Å². The fraction of sp³-hybridized carbons (Fsp3) is 0.357. The van der Waals surface area contributed by atoms with Crippen molar-refractivity contribution < 1.29 is 27.8 Å². The first-order valence-electron chi connectivity index (χ1n) is 6.64. The molecule has 2 amide bonds. The maximum absolute atomic E-state index is 14.2. The summed E-state index contributed by atoms with van der Waals surface area (Å²) in [6, 6.07) is 1.88. The normalized spacial score (nSPS) is 17.0. The molecule has 9 heteroatoms. The van der Waals surface area contributed by atoms with Gasteiger partial charge in [0.15, 0.2) is 5.82 Å². The van der Waals surface area contributed by atoms with Gasteiger partial charge in [0.25, 0.3) is 0 Å². The molecule has 0 radical (unpaired) electrons. The molecule has 23 heavy (non-hydrogen) atoms. The van der Waals surface area contributed by atoms with Gasteiger partial charge in [-0.2, -0.15) is 4.39 Å². The molecule has 2 rings (SSSR count). The summed E-state index contributed by atoms with van der Waals surface area (Å²) in [5, 5.41) is 2.46. The fourth-order valence-corrected chi connectivity index (χ4v) is 2.10. The Kier molecular flexibility index (Phi) is 4.77. The summed E-state index contributed by atoms with van der Waals surface area (Å²) >= 11 is 0. The minimum atomic E-state index is -1.49. The van der Waals surface area contributed by atoms with Crippen LogP contribution in [0, 0.1) is 11.6 Å². The first kappa shape index (κ1) is 16.7. The van der Waals surface area contributed by atoms with Crippen LogP contribution in [0.3, 0.4) is 0 Å². The van der Waals surface area contributed by atoms with Crippen LogP contribution in [0.15, 0.2) is 16.9 Å². The molecule has 1 heterocycles. The number of nitrogens with zero attached hydrogens (tertiary/aromatic N) is 1. The van der Waals surface area contributed by atoms with Gasteiger partial charge < -0.3 is 14.8 Å². The standard InChI is InChI=1S/C14H14F2N2O5/c1-7(19)17-5-8-6-18(14(21)23-8)9-3-4-10(20)13(22-2)12(16)11(9)15/h3-4,8H,5-6H2,1-2H3,(H,17,19). The van der Waals surface area contributed by atoms with Crippen molar-refractivity contribution in [3.8, 4) is 5.75 Å². The first-order chi connectivity index (χ1) is 10.8. The van der Waals surface area contributed by atoms with Crippen molar-refractivity contribution >= 4 is 17.7 Å². The van der Waals surface area contributed by atoms with E-state index in [1.165, 1.54) is 6.92 Å². The van der Waals surface area contributed by atoms with Crippen molar-refractivity contribution in [2.75, 3.05) is 25.1 Å². The Bertz CT molecular complexity index is 710. The molecule has 0 aliphatic carbocycles. The van der Waals surface area contributed by atoms with Crippen LogP contribution in [0.5, 0.6) is 5.75 Å². The lowest BCUT2D eigenvalue weighted by Gasteiger charge is -2.12. The molecule has 1 aromatic rings. The number of amides is 2. The SMILES string of the molecule is COc1c(F)c(F)c(N2CC(CNC(C)=O)OC2=O)ccc1=O. The van der Waals surface area contributed by atoms with E-state index in [0.717, 1.165) is 24.1 Å². The average molecular weight is 328 g/mol. The topological polar surface area (TPSA) is 84.9 Å². The van der Waals surface area contributed by atoms with Crippen molar-refractivity contribution in [2.24, 2.45) is 0 Å². The molecule has 0 bridgehead atoms. The van der Waals surface area contributed by atoms with E-state index in [0.29, 0.717) is 0 Å². The number of rotatable bonds is 4. The molecule has 0 spiro atoms. The molecule has 0 saturated carbocycles. The maximum atomic E-state index is 14.2. The average Bonchev–Trinajstić information content (AvgIpc) is 2.82. The highest BCUT2D eigenvalue weighted by Crippen LogP contribution is 2.27. The molecule has 1 N–H and O–H groups in total. The summed E-state index contributed by atoms with van der Waals surface area (Å²) < 4.78 is 37.7. The van der Waals surface area contributed by atoms with E-state index in [-0.39, 0.29) is 19.0 Å². The molecule has 1 aromatic carbocycles. The molecule has 1 fully saturated rings. The van der Waals surface area contributed by atoms with Crippen LogP contribution < -0.4 is 20.4 Å². The van der Waals surface area contributed by atoms with E-state index in [4.69, 9.17) is 4.74 Å². The minimum absolute atomic E-state index is 0.0385. The molecular formula is C14H14F2N2O5. The van der Waals surface area contributed by atoms with E-state index < -0.39 is 40.7 Å². The van der Waals surface area contributed by atoms with Gasteiger partial charge in [0.2, 0.25) is 22.9 Å². The Labute approximate surface area is 129 Å². The van der Waals surface area contributed by atoms with E-state index >= 15 is 0 Å². The smallest absolute Gasteiger partial charge is 0.414 e. The highest BCUT2D eigenvalue weighted by atomic mass is 19.2. The number of hydrogen-bond donors (Lipinski definition) is 1. The van der Waals surface area contributed by atoms with Gasteiger partial charge in [-0.25, -0.2) is 9.18 Å². The summed E-state index contributed by atoms with van der Waals surface area (Å²) in [6.45, 7) is 1.23. The Morgan fingerprint density at radius 3 is 2.70 bits per heavy atom. The third-order valence-corrected chi connectivity index (χ3v) is 3.18. The van der Waals surface area contributed by atoms with Gasteiger partial charge in [-0.1, -0.05) is 0 Å². The number of ether oxygens (including phenoxy) is 2. The zero-order valence-electron chi connectivity index (χ0n) is 12.4. The van der Waals surface area contributed by atoms with Crippen LogP contribution in [0.2, 0.25) is 0 Å². The lowest BCUT2D eigenvalue weighted by molar-refractivity contribution is -0.119. The first-order valence-corrected chi connectivity index (χ1v) is 6.64. The van der Waals surface area contributed by atoms with Crippen molar-refractivity contribution in [1.82, 2.24) is 5.32 Å². The molecule has 1 saturated heterocycles. The summed E-state index contributed by atoms with van der Waals surface area (Å²) in [6.07, 6.45) is -1.62. The van der Waals surface area contributed by atoms with Crippen LogP contribution in [-0.4, -0.2) is 38.3 Å². The second-order valence-electron chi connectivity index (χ2n) is 4.80. The Morgan fingerprint density at radius 1 is 1.39 bits per heavy atom. The third-order valence-electron chi connectivity index (χ3n) is 3.18. The highest BCUT2D eigenvalue weighted by molar-refractivity contribution is 5.90. The molecule has 0 aromatic heterocycles. The number of anilines is 1. The molecule has 1 atom stereocenters. The van der Waals surface area contributed by atoms with Crippen LogP contribution in [0.4, 0.5) is 19.3 Å². The van der Waals surface area contributed by atoms with E-state index in [1.807, 2.05) is 0 Å². The van der Waals surface area contributed by atoms with Gasteiger partial charge in [0.1, 0.15) is 6.10 Å². The molecule has 1 aliphatic rings. The molecular weight excluding hydrogens is 314 g/mol. The quantitative estimate of drug-likeness (QED) is 0.883. The van der Waals surface area contributed by atoms with Gasteiger partial charge in [-0.05, 0) is 12.1 Å². The largest absolute Gasteiger partial charge is 0.490 e.